The van der Waals surface area contributed by atoms with E-state index in [-0.39, 0.29) is 5.78 Å². The molecular formula is C15H14N4OS. The summed E-state index contributed by atoms with van der Waals surface area (Å²) in [5.41, 5.74) is 2.38. The van der Waals surface area contributed by atoms with Crippen molar-refractivity contribution >= 4 is 23.2 Å². The Labute approximate surface area is 126 Å². The molecule has 3 aromatic rings. The normalized spacial score (nSPS) is 11.0. The molecule has 0 N–H and O–H groups in total. The molecule has 0 saturated carbocycles. The average Bonchev–Trinajstić information content (AvgIpc) is 2.89. The first-order chi connectivity index (χ1) is 10.1. The Kier molecular flexibility index (Phi) is 3.70. The highest BCUT2D eigenvalue weighted by atomic mass is 32.2. The smallest absolute Gasteiger partial charge is 0.197 e. The molecule has 0 amide bonds. The summed E-state index contributed by atoms with van der Waals surface area (Å²) in [5, 5.41) is 8.97. The fraction of sp³-hybridized carbons (Fsp3) is 0.200. The summed E-state index contributed by atoms with van der Waals surface area (Å²) in [5.74, 6) is 1.23. The third-order valence-corrected chi connectivity index (χ3v) is 4.02. The largest absolute Gasteiger partial charge is 0.293 e. The van der Waals surface area contributed by atoms with E-state index < -0.39 is 0 Å². The zero-order valence-electron chi connectivity index (χ0n) is 11.8. The minimum Gasteiger partial charge on any atom is -0.293 e. The van der Waals surface area contributed by atoms with Crippen molar-refractivity contribution in [1.29, 1.82) is 0 Å². The fourth-order valence-electron chi connectivity index (χ4n) is 2.13. The number of carbonyl (C=O) groups is 1. The SMILES string of the molecule is Cc1cc2nnc(SCC(=O)c3ccccc3)n2c(C)n1. The molecule has 0 radical (unpaired) electrons. The molecule has 5 nitrogen and oxygen atoms in total. The van der Waals surface area contributed by atoms with Crippen molar-refractivity contribution in [1.82, 2.24) is 19.6 Å². The van der Waals surface area contributed by atoms with Gasteiger partial charge >= 0.3 is 0 Å². The molecule has 106 valence electrons. The molecule has 0 aliphatic heterocycles. The van der Waals surface area contributed by atoms with Crippen molar-refractivity contribution in [2.24, 2.45) is 0 Å². The molecule has 0 aliphatic carbocycles. The van der Waals surface area contributed by atoms with Crippen LogP contribution in [-0.4, -0.2) is 31.1 Å². The molecule has 0 bridgehead atoms. The van der Waals surface area contributed by atoms with Gasteiger partial charge in [-0.05, 0) is 13.8 Å². The van der Waals surface area contributed by atoms with Crippen LogP contribution in [0.5, 0.6) is 0 Å². The molecule has 2 aromatic heterocycles. The molecule has 0 atom stereocenters. The molecule has 6 heteroatoms. The Balaban J connectivity index is 1.82. The number of hydrogen-bond donors (Lipinski definition) is 0. The van der Waals surface area contributed by atoms with Crippen molar-refractivity contribution < 1.29 is 4.79 Å². The second-order valence-corrected chi connectivity index (χ2v) is 5.64. The van der Waals surface area contributed by atoms with E-state index in [9.17, 15) is 4.79 Å². The lowest BCUT2D eigenvalue weighted by Crippen LogP contribution is -2.04. The van der Waals surface area contributed by atoms with Crippen molar-refractivity contribution in [2.45, 2.75) is 19.0 Å². The monoisotopic (exact) mass is 298 g/mol. The molecule has 0 unspecified atom stereocenters. The first-order valence-corrected chi connectivity index (χ1v) is 7.54. The van der Waals surface area contributed by atoms with Gasteiger partial charge in [0.25, 0.3) is 0 Å². The van der Waals surface area contributed by atoms with Crippen molar-refractivity contribution in [3.63, 3.8) is 0 Å². The number of rotatable bonds is 4. The van der Waals surface area contributed by atoms with Crippen molar-refractivity contribution in [3.8, 4) is 0 Å². The topological polar surface area (TPSA) is 60.2 Å². The second kappa shape index (κ2) is 5.65. The van der Waals surface area contributed by atoms with Gasteiger partial charge in [0.1, 0.15) is 5.82 Å². The molecular weight excluding hydrogens is 284 g/mol. The Morgan fingerprint density at radius 3 is 2.71 bits per heavy atom. The summed E-state index contributed by atoms with van der Waals surface area (Å²) in [4.78, 5) is 16.5. The van der Waals surface area contributed by atoms with Gasteiger partial charge in [0.05, 0.1) is 5.75 Å². The van der Waals surface area contributed by atoms with Gasteiger partial charge in [-0.25, -0.2) is 4.98 Å². The van der Waals surface area contributed by atoms with E-state index in [0.717, 1.165) is 17.2 Å². The lowest BCUT2D eigenvalue weighted by atomic mass is 10.2. The van der Waals surface area contributed by atoms with E-state index in [2.05, 4.69) is 15.2 Å². The van der Waals surface area contributed by atoms with E-state index in [1.54, 1.807) is 0 Å². The number of aryl methyl sites for hydroxylation is 2. The number of Topliss-reactive ketones (excluding diaryl/α,β-unsaturated/α-hetero) is 1. The van der Waals surface area contributed by atoms with Gasteiger partial charge in [-0.15, -0.1) is 10.2 Å². The zero-order chi connectivity index (χ0) is 14.8. The highest BCUT2D eigenvalue weighted by molar-refractivity contribution is 7.99. The summed E-state index contributed by atoms with van der Waals surface area (Å²) >= 11 is 1.38. The van der Waals surface area contributed by atoms with Crippen LogP contribution >= 0.6 is 11.8 Å². The van der Waals surface area contributed by atoms with Gasteiger partial charge in [-0.2, -0.15) is 0 Å². The molecule has 21 heavy (non-hydrogen) atoms. The van der Waals surface area contributed by atoms with E-state index in [1.807, 2.05) is 54.6 Å². The fourth-order valence-corrected chi connectivity index (χ4v) is 3.01. The number of nitrogens with zero attached hydrogens (tertiary/aromatic N) is 4. The molecule has 0 fully saturated rings. The number of thioether (sulfide) groups is 1. The molecule has 0 spiro atoms. The van der Waals surface area contributed by atoms with Gasteiger partial charge in [0, 0.05) is 17.3 Å². The number of ketones is 1. The number of carbonyl (C=O) groups excluding carboxylic acids is 1. The van der Waals surface area contributed by atoms with Gasteiger partial charge in [0.15, 0.2) is 16.6 Å². The highest BCUT2D eigenvalue weighted by Crippen LogP contribution is 2.19. The van der Waals surface area contributed by atoms with Crippen LogP contribution < -0.4 is 0 Å². The van der Waals surface area contributed by atoms with Crippen molar-refractivity contribution in [2.75, 3.05) is 5.75 Å². The number of hydrogen-bond acceptors (Lipinski definition) is 5. The molecule has 0 saturated heterocycles. The minimum absolute atomic E-state index is 0.0788. The van der Waals surface area contributed by atoms with Crippen LogP contribution in [0, 0.1) is 13.8 Å². The molecule has 0 aliphatic rings. The first-order valence-electron chi connectivity index (χ1n) is 6.55. The van der Waals surface area contributed by atoms with Crippen LogP contribution in [0.25, 0.3) is 5.65 Å². The third-order valence-electron chi connectivity index (χ3n) is 3.09. The Morgan fingerprint density at radius 1 is 1.19 bits per heavy atom. The summed E-state index contributed by atoms with van der Waals surface area (Å²) < 4.78 is 1.87. The number of benzene rings is 1. The maximum Gasteiger partial charge on any atom is 0.197 e. The van der Waals surface area contributed by atoms with Gasteiger partial charge in [0.2, 0.25) is 0 Å². The predicted octanol–water partition coefficient (Wildman–Crippen LogP) is 2.72. The Bertz CT molecular complexity index is 798. The van der Waals surface area contributed by atoms with Gasteiger partial charge in [-0.1, -0.05) is 42.1 Å². The summed E-state index contributed by atoms with van der Waals surface area (Å²) in [6.07, 6.45) is 0. The molecule has 1 aromatic carbocycles. The van der Waals surface area contributed by atoms with E-state index in [1.165, 1.54) is 11.8 Å². The van der Waals surface area contributed by atoms with Gasteiger partial charge < -0.3 is 0 Å². The predicted molar refractivity (Wildman–Crippen MR) is 81.8 cm³/mol. The van der Waals surface area contributed by atoms with E-state index in [4.69, 9.17) is 0 Å². The quantitative estimate of drug-likeness (QED) is 0.547. The maximum absolute atomic E-state index is 12.1. The van der Waals surface area contributed by atoms with Crippen LogP contribution in [-0.2, 0) is 0 Å². The Morgan fingerprint density at radius 2 is 1.95 bits per heavy atom. The van der Waals surface area contributed by atoms with Gasteiger partial charge in [-0.3, -0.25) is 9.20 Å². The number of aromatic nitrogens is 4. The summed E-state index contributed by atoms with van der Waals surface area (Å²) in [6.45, 7) is 3.83. The van der Waals surface area contributed by atoms with Crippen LogP contribution in [0.4, 0.5) is 0 Å². The summed E-state index contributed by atoms with van der Waals surface area (Å²) in [7, 11) is 0. The molecule has 3 rings (SSSR count). The van der Waals surface area contributed by atoms with E-state index in [0.29, 0.717) is 16.5 Å². The third kappa shape index (κ3) is 2.80. The standard InChI is InChI=1S/C15H14N4OS/c1-10-8-14-17-18-15(19(14)11(2)16-10)21-9-13(20)12-6-4-3-5-7-12/h3-8H,9H2,1-2H3. The average molecular weight is 298 g/mol. The van der Waals surface area contributed by atoms with E-state index >= 15 is 0 Å². The maximum atomic E-state index is 12.1. The minimum atomic E-state index is 0.0788. The van der Waals surface area contributed by atoms with Crippen LogP contribution in [0.2, 0.25) is 0 Å². The first kappa shape index (κ1) is 13.8. The van der Waals surface area contributed by atoms with Crippen molar-refractivity contribution in [3.05, 3.63) is 53.5 Å². The molecule has 2 heterocycles. The highest BCUT2D eigenvalue weighted by Gasteiger charge is 2.12. The second-order valence-electron chi connectivity index (χ2n) is 4.70. The number of fused-ring (bicyclic) bond motifs is 1. The van der Waals surface area contributed by atoms with Crippen LogP contribution in [0.1, 0.15) is 21.9 Å². The van der Waals surface area contributed by atoms with Crippen LogP contribution in [0.3, 0.4) is 0 Å². The lowest BCUT2D eigenvalue weighted by Gasteiger charge is -2.04. The zero-order valence-corrected chi connectivity index (χ0v) is 12.6. The lowest BCUT2D eigenvalue weighted by molar-refractivity contribution is 0.102. The van der Waals surface area contributed by atoms with Crippen LogP contribution in [0.15, 0.2) is 41.6 Å². The Hall–Kier alpha value is -2.21. The summed E-state index contributed by atoms with van der Waals surface area (Å²) in [6, 6.07) is 11.1.